The predicted octanol–water partition coefficient (Wildman–Crippen LogP) is 4.35. The molecule has 2 aromatic carbocycles. The third-order valence-electron chi connectivity index (χ3n) is 4.80. The zero-order valence-corrected chi connectivity index (χ0v) is 14.7. The Morgan fingerprint density at radius 3 is 2.55 bits per heavy atom. The number of nitro benzene ring substituents is 1. The Morgan fingerprint density at radius 1 is 1.14 bits per heavy atom. The van der Waals surface area contributed by atoms with E-state index in [1.165, 1.54) is 36.4 Å². The van der Waals surface area contributed by atoms with Crippen LogP contribution in [-0.4, -0.2) is 15.8 Å². The number of hydrogen-bond donors (Lipinski definition) is 1. The molecule has 0 atom stereocenters. The number of nitro groups is 1. The fourth-order valence-corrected chi connectivity index (χ4v) is 3.46. The number of nitrogens with two attached hydrogens (primary N) is 1. The topological polar surface area (TPSA) is 99.1 Å². The first-order valence-electron chi connectivity index (χ1n) is 8.44. The number of rotatable bonds is 3. The maximum atomic E-state index is 13.1. The summed E-state index contributed by atoms with van der Waals surface area (Å²) in [6, 6.07) is 10.2. The molecule has 1 aliphatic carbocycles. The van der Waals surface area contributed by atoms with Crippen LogP contribution < -0.4 is 5.73 Å². The second-order valence-electron chi connectivity index (χ2n) is 6.60. The number of hydrogen-bond acceptors (Lipinski definition) is 4. The molecule has 1 amide bonds. The van der Waals surface area contributed by atoms with Crippen molar-refractivity contribution in [2.24, 2.45) is 5.73 Å². The number of aromatic nitrogens is 1. The lowest BCUT2D eigenvalue weighted by Gasteiger charge is -2.11. The lowest BCUT2D eigenvalue weighted by Crippen LogP contribution is -2.14. The Hall–Kier alpha value is -3.75. The Morgan fingerprint density at radius 2 is 1.90 bits per heavy atom. The second-order valence-corrected chi connectivity index (χ2v) is 6.60. The Balaban J connectivity index is 1.90. The SMILES string of the molecule is NC(=O)c1cc(-c2cccc(C(F)(F)F)c2)nc2c1Cc1cc([N+](=O)[O-])ccc1-2. The smallest absolute Gasteiger partial charge is 0.366 e. The number of alkyl halides is 3. The van der Waals surface area contributed by atoms with E-state index in [-0.39, 0.29) is 28.9 Å². The molecule has 1 aromatic heterocycles. The van der Waals surface area contributed by atoms with Gasteiger partial charge in [0, 0.05) is 35.2 Å². The summed E-state index contributed by atoms with van der Waals surface area (Å²) >= 11 is 0. The van der Waals surface area contributed by atoms with Gasteiger partial charge < -0.3 is 5.73 Å². The molecular weight excluding hydrogens is 387 g/mol. The standard InChI is InChI=1S/C20H12F3N3O3/c21-20(22,23)12-3-1-2-10(6-12)17-9-16(19(24)27)15-8-11-7-13(26(28)29)4-5-14(11)18(15)25-17/h1-7,9H,8H2,(H2,24,27). The van der Waals surface area contributed by atoms with E-state index in [9.17, 15) is 28.1 Å². The number of carbonyl (C=O) groups excluding carboxylic acids is 1. The fraction of sp³-hybridized carbons (Fsp3) is 0.100. The molecular formula is C20H12F3N3O3. The van der Waals surface area contributed by atoms with E-state index in [4.69, 9.17) is 5.73 Å². The number of nitrogens with zero attached hydrogens (tertiary/aromatic N) is 2. The average Bonchev–Trinajstić information content (AvgIpc) is 3.04. The summed E-state index contributed by atoms with van der Waals surface area (Å²) in [6.07, 6.45) is -4.30. The Labute approximate surface area is 162 Å². The lowest BCUT2D eigenvalue weighted by atomic mass is 10.0. The maximum absolute atomic E-state index is 13.1. The number of carbonyl (C=O) groups is 1. The minimum Gasteiger partial charge on any atom is -0.366 e. The summed E-state index contributed by atoms with van der Waals surface area (Å²) in [7, 11) is 0. The summed E-state index contributed by atoms with van der Waals surface area (Å²) in [4.78, 5) is 27.0. The van der Waals surface area contributed by atoms with Gasteiger partial charge in [-0.2, -0.15) is 13.2 Å². The molecule has 3 aromatic rings. The van der Waals surface area contributed by atoms with E-state index in [0.717, 1.165) is 12.1 Å². The van der Waals surface area contributed by atoms with Crippen LogP contribution in [0.25, 0.3) is 22.5 Å². The molecule has 2 N–H and O–H groups in total. The van der Waals surface area contributed by atoms with Crippen LogP contribution in [0.3, 0.4) is 0 Å². The van der Waals surface area contributed by atoms with Crippen molar-refractivity contribution in [3.63, 3.8) is 0 Å². The van der Waals surface area contributed by atoms with Gasteiger partial charge in [-0.3, -0.25) is 14.9 Å². The Bertz CT molecular complexity index is 1190. The highest BCUT2D eigenvalue weighted by atomic mass is 19.4. The number of benzene rings is 2. The van der Waals surface area contributed by atoms with Gasteiger partial charge in [-0.05, 0) is 35.4 Å². The highest BCUT2D eigenvalue weighted by Gasteiger charge is 2.31. The van der Waals surface area contributed by atoms with Gasteiger partial charge in [0.15, 0.2) is 0 Å². The number of fused-ring (bicyclic) bond motifs is 3. The summed E-state index contributed by atoms with van der Waals surface area (Å²) in [5.41, 5.74) is 7.10. The molecule has 0 fully saturated rings. The lowest BCUT2D eigenvalue weighted by molar-refractivity contribution is -0.384. The van der Waals surface area contributed by atoms with Crippen LogP contribution in [0.2, 0.25) is 0 Å². The van der Waals surface area contributed by atoms with Crippen molar-refractivity contribution in [1.29, 1.82) is 0 Å². The van der Waals surface area contributed by atoms with E-state index in [2.05, 4.69) is 4.98 Å². The first kappa shape index (κ1) is 18.6. The average molecular weight is 399 g/mol. The number of pyridine rings is 1. The first-order valence-corrected chi connectivity index (χ1v) is 8.44. The van der Waals surface area contributed by atoms with E-state index in [1.807, 2.05) is 0 Å². The van der Waals surface area contributed by atoms with Gasteiger partial charge in [0.1, 0.15) is 0 Å². The molecule has 0 unspecified atom stereocenters. The monoisotopic (exact) mass is 399 g/mol. The number of amides is 1. The number of primary amides is 1. The highest BCUT2D eigenvalue weighted by Crippen LogP contribution is 2.40. The van der Waals surface area contributed by atoms with Crippen LogP contribution in [-0.2, 0) is 12.6 Å². The van der Waals surface area contributed by atoms with Crippen LogP contribution in [0.4, 0.5) is 18.9 Å². The molecule has 0 aliphatic heterocycles. The Kier molecular flexibility index (Phi) is 4.11. The predicted molar refractivity (Wildman–Crippen MR) is 98.1 cm³/mol. The minimum absolute atomic E-state index is 0.102. The van der Waals surface area contributed by atoms with Crippen LogP contribution in [0, 0.1) is 10.1 Å². The van der Waals surface area contributed by atoms with Crippen LogP contribution in [0.5, 0.6) is 0 Å². The third-order valence-corrected chi connectivity index (χ3v) is 4.80. The zero-order chi connectivity index (χ0) is 20.9. The number of halogens is 3. The third kappa shape index (κ3) is 3.20. The van der Waals surface area contributed by atoms with E-state index in [0.29, 0.717) is 22.4 Å². The van der Waals surface area contributed by atoms with Crippen molar-refractivity contribution in [1.82, 2.24) is 4.98 Å². The van der Waals surface area contributed by atoms with Gasteiger partial charge in [0.05, 0.1) is 21.9 Å². The minimum atomic E-state index is -4.52. The summed E-state index contributed by atoms with van der Waals surface area (Å²) in [6.45, 7) is 0. The molecule has 1 aliphatic rings. The molecule has 9 heteroatoms. The quantitative estimate of drug-likeness (QED) is 0.409. The van der Waals surface area contributed by atoms with E-state index in [1.54, 1.807) is 0 Å². The first-order chi connectivity index (χ1) is 13.6. The van der Waals surface area contributed by atoms with Gasteiger partial charge >= 0.3 is 6.18 Å². The summed E-state index contributed by atoms with van der Waals surface area (Å²) < 4.78 is 39.2. The summed E-state index contributed by atoms with van der Waals surface area (Å²) in [5, 5.41) is 11.0. The van der Waals surface area contributed by atoms with Crippen LogP contribution >= 0.6 is 0 Å². The van der Waals surface area contributed by atoms with Gasteiger partial charge in [-0.1, -0.05) is 12.1 Å². The maximum Gasteiger partial charge on any atom is 0.416 e. The van der Waals surface area contributed by atoms with Crippen molar-refractivity contribution in [2.45, 2.75) is 12.6 Å². The van der Waals surface area contributed by atoms with Crippen molar-refractivity contribution < 1.29 is 22.9 Å². The fourth-order valence-electron chi connectivity index (χ4n) is 3.46. The molecule has 0 bridgehead atoms. The van der Waals surface area contributed by atoms with Gasteiger partial charge in [0.2, 0.25) is 5.91 Å². The van der Waals surface area contributed by atoms with Gasteiger partial charge in [-0.15, -0.1) is 0 Å². The van der Waals surface area contributed by atoms with E-state index >= 15 is 0 Å². The van der Waals surface area contributed by atoms with Gasteiger partial charge in [0.25, 0.3) is 5.69 Å². The van der Waals surface area contributed by atoms with Crippen molar-refractivity contribution >= 4 is 11.6 Å². The molecule has 0 spiro atoms. The molecule has 6 nitrogen and oxygen atoms in total. The van der Waals surface area contributed by atoms with Crippen molar-refractivity contribution in [3.8, 4) is 22.5 Å². The molecule has 146 valence electrons. The highest BCUT2D eigenvalue weighted by molar-refractivity contribution is 5.98. The molecule has 4 rings (SSSR count). The molecule has 0 saturated carbocycles. The van der Waals surface area contributed by atoms with Crippen molar-refractivity contribution in [3.05, 3.63) is 80.9 Å². The summed E-state index contributed by atoms with van der Waals surface area (Å²) in [5.74, 6) is -0.751. The molecule has 1 heterocycles. The second kappa shape index (κ2) is 6.40. The molecule has 29 heavy (non-hydrogen) atoms. The largest absolute Gasteiger partial charge is 0.416 e. The van der Waals surface area contributed by atoms with Crippen LogP contribution in [0.15, 0.2) is 48.5 Å². The zero-order valence-electron chi connectivity index (χ0n) is 14.7. The normalized spacial score (nSPS) is 12.4. The van der Waals surface area contributed by atoms with Gasteiger partial charge in [-0.25, -0.2) is 4.98 Å². The molecule has 0 saturated heterocycles. The van der Waals surface area contributed by atoms with E-state index < -0.39 is 22.6 Å². The van der Waals surface area contributed by atoms with Crippen LogP contribution in [0.1, 0.15) is 27.0 Å². The molecule has 0 radical (unpaired) electrons. The van der Waals surface area contributed by atoms with Crippen molar-refractivity contribution in [2.75, 3.05) is 0 Å². The number of non-ortho nitro benzene ring substituents is 1.